The lowest BCUT2D eigenvalue weighted by atomic mass is 9.87. The van der Waals surface area contributed by atoms with E-state index in [2.05, 4.69) is 32.0 Å². The molecule has 0 N–H and O–H groups in total. The first-order chi connectivity index (χ1) is 14.5. The molecule has 0 aliphatic rings. The molecule has 0 fully saturated rings. The molecule has 3 aromatic rings. The molecule has 0 bridgehead atoms. The maximum absolute atomic E-state index is 14.5. The molecular weight excluding hydrogens is 382 g/mol. The average molecular weight is 408 g/mol. The maximum Gasteiger partial charge on any atom is 0.150 e. The summed E-state index contributed by atoms with van der Waals surface area (Å²) >= 11 is 0. The van der Waals surface area contributed by atoms with Gasteiger partial charge >= 0.3 is 0 Å². The highest BCUT2D eigenvalue weighted by Crippen LogP contribution is 2.29. The van der Waals surface area contributed by atoms with Crippen LogP contribution in [0.2, 0.25) is 0 Å². The first-order valence-corrected chi connectivity index (χ1v) is 10.2. The van der Waals surface area contributed by atoms with Gasteiger partial charge in [0.05, 0.1) is 6.61 Å². The predicted molar refractivity (Wildman–Crippen MR) is 115 cm³/mol. The van der Waals surface area contributed by atoms with E-state index < -0.39 is 11.6 Å². The summed E-state index contributed by atoms with van der Waals surface area (Å²) in [5.41, 5.74) is 4.69. The molecule has 0 saturated heterocycles. The van der Waals surface area contributed by atoms with Crippen molar-refractivity contribution in [3.8, 4) is 5.75 Å². The summed E-state index contributed by atoms with van der Waals surface area (Å²) in [5, 5.41) is 0. The molecule has 0 aromatic heterocycles. The Kier molecular flexibility index (Phi) is 7.34. The number of halogens is 2. The lowest BCUT2D eigenvalue weighted by Gasteiger charge is -2.19. The Morgan fingerprint density at radius 1 is 0.933 bits per heavy atom. The second kappa shape index (κ2) is 10.1. The number of aldehydes is 1. The van der Waals surface area contributed by atoms with Gasteiger partial charge < -0.3 is 4.74 Å². The summed E-state index contributed by atoms with van der Waals surface area (Å²) in [6.07, 6.45) is 2.90. The minimum absolute atomic E-state index is 0.0752. The summed E-state index contributed by atoms with van der Waals surface area (Å²) in [5.74, 6) is -0.453. The van der Waals surface area contributed by atoms with Gasteiger partial charge in [-0.2, -0.15) is 0 Å². The van der Waals surface area contributed by atoms with E-state index in [1.54, 1.807) is 30.3 Å². The van der Waals surface area contributed by atoms with Crippen molar-refractivity contribution in [3.63, 3.8) is 0 Å². The Balaban J connectivity index is 1.68. The zero-order valence-electron chi connectivity index (χ0n) is 17.3. The standard InChI is InChI=1S/C26H26F2O2/c1-18-5-6-21(14-19(18)2)15-22(25-12-9-23(27)16-26(25)28)4-3-13-30-24-10-7-20(17-29)8-11-24/h5-12,14,16-17,22H,3-4,13,15H2,1-2H3/t22-/m1/s1. The van der Waals surface area contributed by atoms with Gasteiger partial charge in [0.15, 0.2) is 0 Å². The van der Waals surface area contributed by atoms with E-state index in [1.807, 2.05) is 0 Å². The summed E-state index contributed by atoms with van der Waals surface area (Å²) in [6.45, 7) is 4.61. The summed E-state index contributed by atoms with van der Waals surface area (Å²) in [6, 6.07) is 17.0. The molecule has 3 aromatic carbocycles. The maximum atomic E-state index is 14.5. The number of benzene rings is 3. The van der Waals surface area contributed by atoms with Crippen LogP contribution in [0.5, 0.6) is 5.75 Å². The fourth-order valence-corrected chi connectivity index (χ4v) is 3.58. The minimum Gasteiger partial charge on any atom is -0.494 e. The Morgan fingerprint density at radius 3 is 2.37 bits per heavy atom. The first kappa shape index (κ1) is 21.7. The zero-order chi connectivity index (χ0) is 21.5. The molecule has 156 valence electrons. The van der Waals surface area contributed by atoms with E-state index in [9.17, 15) is 13.6 Å². The van der Waals surface area contributed by atoms with E-state index in [4.69, 9.17) is 4.74 Å². The lowest BCUT2D eigenvalue weighted by molar-refractivity contribution is 0.112. The monoisotopic (exact) mass is 408 g/mol. The van der Waals surface area contributed by atoms with Crippen molar-refractivity contribution < 1.29 is 18.3 Å². The molecule has 0 aliphatic heterocycles. The Hall–Kier alpha value is -3.01. The van der Waals surface area contributed by atoms with Crippen LogP contribution < -0.4 is 4.74 Å². The topological polar surface area (TPSA) is 26.3 Å². The molecule has 3 rings (SSSR count). The van der Waals surface area contributed by atoms with Crippen molar-refractivity contribution in [1.29, 1.82) is 0 Å². The molecule has 0 saturated carbocycles. The Bertz CT molecular complexity index is 996. The van der Waals surface area contributed by atoms with Crippen molar-refractivity contribution >= 4 is 6.29 Å². The fraction of sp³-hybridized carbons (Fsp3) is 0.269. The van der Waals surface area contributed by atoms with Crippen LogP contribution in [0.4, 0.5) is 8.78 Å². The number of carbonyl (C=O) groups is 1. The number of carbonyl (C=O) groups excluding carboxylic acids is 1. The van der Waals surface area contributed by atoms with Crippen LogP contribution in [0.15, 0.2) is 60.7 Å². The highest BCUT2D eigenvalue weighted by molar-refractivity contribution is 5.74. The Morgan fingerprint density at radius 2 is 1.70 bits per heavy atom. The van der Waals surface area contributed by atoms with Gasteiger partial charge in [0.2, 0.25) is 0 Å². The van der Waals surface area contributed by atoms with Gasteiger partial charge in [0, 0.05) is 11.6 Å². The molecule has 4 heteroatoms. The molecule has 30 heavy (non-hydrogen) atoms. The molecule has 0 spiro atoms. The van der Waals surface area contributed by atoms with Crippen molar-refractivity contribution in [1.82, 2.24) is 0 Å². The minimum atomic E-state index is -0.566. The summed E-state index contributed by atoms with van der Waals surface area (Å²) < 4.78 is 33.7. The van der Waals surface area contributed by atoms with Gasteiger partial charge in [0.25, 0.3) is 0 Å². The van der Waals surface area contributed by atoms with Crippen LogP contribution in [0, 0.1) is 25.5 Å². The molecule has 0 amide bonds. The fourth-order valence-electron chi connectivity index (χ4n) is 3.58. The number of hydrogen-bond donors (Lipinski definition) is 0. The predicted octanol–water partition coefficient (Wildman–Crippen LogP) is 6.58. The van der Waals surface area contributed by atoms with Gasteiger partial charge in [0.1, 0.15) is 23.7 Å². The molecule has 0 unspecified atom stereocenters. The number of rotatable bonds is 9. The highest BCUT2D eigenvalue weighted by Gasteiger charge is 2.17. The van der Waals surface area contributed by atoms with Crippen LogP contribution in [0.1, 0.15) is 51.4 Å². The molecule has 2 nitrogen and oxygen atoms in total. The normalized spacial score (nSPS) is 11.9. The highest BCUT2D eigenvalue weighted by atomic mass is 19.1. The molecule has 0 heterocycles. The second-order valence-corrected chi connectivity index (χ2v) is 7.66. The Labute approximate surface area is 176 Å². The largest absolute Gasteiger partial charge is 0.494 e. The number of hydrogen-bond acceptors (Lipinski definition) is 2. The number of aryl methyl sites for hydroxylation is 2. The van der Waals surface area contributed by atoms with Gasteiger partial charge in [-0.15, -0.1) is 0 Å². The summed E-state index contributed by atoms with van der Waals surface area (Å²) in [4.78, 5) is 10.7. The molecule has 0 aliphatic carbocycles. The van der Waals surface area contributed by atoms with Gasteiger partial charge in [-0.1, -0.05) is 24.3 Å². The molecule has 1 atom stereocenters. The van der Waals surface area contributed by atoms with Crippen molar-refractivity contribution in [3.05, 3.63) is 100 Å². The quantitative estimate of drug-likeness (QED) is 0.295. The van der Waals surface area contributed by atoms with Gasteiger partial charge in [-0.3, -0.25) is 4.79 Å². The smallest absolute Gasteiger partial charge is 0.150 e. The molecule has 0 radical (unpaired) electrons. The van der Waals surface area contributed by atoms with E-state index >= 15 is 0 Å². The average Bonchev–Trinajstić information content (AvgIpc) is 2.73. The van der Waals surface area contributed by atoms with E-state index in [0.29, 0.717) is 36.3 Å². The third-order valence-corrected chi connectivity index (χ3v) is 5.44. The number of ether oxygens (including phenoxy) is 1. The van der Waals surface area contributed by atoms with Crippen molar-refractivity contribution in [2.75, 3.05) is 6.61 Å². The second-order valence-electron chi connectivity index (χ2n) is 7.66. The van der Waals surface area contributed by atoms with Crippen molar-refractivity contribution in [2.24, 2.45) is 0 Å². The van der Waals surface area contributed by atoms with Crippen LogP contribution in [-0.2, 0) is 6.42 Å². The van der Waals surface area contributed by atoms with Gasteiger partial charge in [-0.25, -0.2) is 8.78 Å². The van der Waals surface area contributed by atoms with Crippen LogP contribution in [0.3, 0.4) is 0 Å². The molecular formula is C26H26F2O2. The van der Waals surface area contributed by atoms with E-state index in [-0.39, 0.29) is 5.92 Å². The zero-order valence-corrected chi connectivity index (χ0v) is 17.3. The third-order valence-electron chi connectivity index (χ3n) is 5.44. The van der Waals surface area contributed by atoms with Crippen LogP contribution in [-0.4, -0.2) is 12.9 Å². The third kappa shape index (κ3) is 5.76. The first-order valence-electron chi connectivity index (χ1n) is 10.2. The van der Waals surface area contributed by atoms with E-state index in [0.717, 1.165) is 24.3 Å². The van der Waals surface area contributed by atoms with E-state index in [1.165, 1.54) is 17.2 Å². The van der Waals surface area contributed by atoms with Crippen LogP contribution in [0.25, 0.3) is 0 Å². The van der Waals surface area contributed by atoms with Gasteiger partial charge in [-0.05, 0) is 91.6 Å². The lowest BCUT2D eigenvalue weighted by Crippen LogP contribution is -2.09. The SMILES string of the molecule is Cc1ccc(C[C@@H](CCCOc2ccc(C=O)cc2)c2ccc(F)cc2F)cc1C. The van der Waals surface area contributed by atoms with Crippen LogP contribution >= 0.6 is 0 Å². The van der Waals surface area contributed by atoms with Crippen molar-refractivity contribution in [2.45, 2.75) is 39.0 Å². The summed E-state index contributed by atoms with van der Waals surface area (Å²) in [7, 11) is 0.